The molecule has 2 aliphatic rings. The second-order valence-corrected chi connectivity index (χ2v) is 8.86. The highest BCUT2D eigenvalue weighted by Crippen LogP contribution is 2.40. The molecule has 136 valence electrons. The van der Waals surface area contributed by atoms with Crippen LogP contribution in [0.4, 0.5) is 5.82 Å². The maximum absolute atomic E-state index is 12.8. The summed E-state index contributed by atoms with van der Waals surface area (Å²) in [7, 11) is 0. The number of hydrogen-bond acceptors (Lipinski definition) is 3. The molecule has 0 radical (unpaired) electrons. The quantitative estimate of drug-likeness (QED) is 0.638. The average molecular weight is 479 g/mol. The summed E-state index contributed by atoms with van der Waals surface area (Å²) in [6, 6.07) is 7.97. The molecule has 0 atom stereocenters. The van der Waals surface area contributed by atoms with Gasteiger partial charge in [0.25, 0.3) is 5.91 Å². The zero-order valence-corrected chi connectivity index (χ0v) is 17.9. The molecule has 1 aromatic carbocycles. The molecule has 4 nitrogen and oxygen atoms in total. The van der Waals surface area contributed by atoms with Crippen LogP contribution >= 0.6 is 31.9 Å². The monoisotopic (exact) mass is 477 g/mol. The first-order chi connectivity index (χ1) is 12.5. The van der Waals surface area contributed by atoms with E-state index < -0.39 is 0 Å². The molecule has 2 fully saturated rings. The van der Waals surface area contributed by atoms with E-state index in [9.17, 15) is 4.79 Å². The summed E-state index contributed by atoms with van der Waals surface area (Å²) >= 11 is 6.93. The number of carbonyl (C=O) groups is 1. The van der Waals surface area contributed by atoms with E-state index in [2.05, 4.69) is 49.7 Å². The van der Waals surface area contributed by atoms with E-state index in [0.717, 1.165) is 33.8 Å². The number of halogens is 2. The molecule has 6 heteroatoms. The molecule has 0 bridgehead atoms. The average Bonchev–Trinajstić information content (AvgIpc) is 3.46. The van der Waals surface area contributed by atoms with Gasteiger partial charge in [0.15, 0.2) is 0 Å². The van der Waals surface area contributed by atoms with Crippen LogP contribution in [0, 0.1) is 6.92 Å². The van der Waals surface area contributed by atoms with Gasteiger partial charge >= 0.3 is 0 Å². The summed E-state index contributed by atoms with van der Waals surface area (Å²) < 4.78 is 1.79. The minimum absolute atomic E-state index is 0.0813. The number of pyridine rings is 1. The van der Waals surface area contributed by atoms with Crippen LogP contribution in [0.2, 0.25) is 0 Å². The van der Waals surface area contributed by atoms with Crippen LogP contribution in [0.5, 0.6) is 0 Å². The van der Waals surface area contributed by atoms with Crippen molar-refractivity contribution < 1.29 is 4.79 Å². The molecule has 1 saturated carbocycles. The van der Waals surface area contributed by atoms with Gasteiger partial charge in [-0.1, -0.05) is 22.0 Å². The van der Waals surface area contributed by atoms with Crippen LogP contribution < -0.4 is 4.90 Å². The Bertz CT molecular complexity index is 843. The molecule has 1 aliphatic carbocycles. The molecule has 1 amide bonds. The molecule has 4 rings (SSSR count). The van der Waals surface area contributed by atoms with E-state index in [4.69, 9.17) is 4.98 Å². The lowest BCUT2D eigenvalue weighted by atomic mass is 10.1. The highest BCUT2D eigenvalue weighted by atomic mass is 79.9. The van der Waals surface area contributed by atoms with Gasteiger partial charge in [-0.05, 0) is 70.9 Å². The number of rotatable bonds is 3. The zero-order chi connectivity index (χ0) is 18.3. The van der Waals surface area contributed by atoms with Gasteiger partial charge < -0.3 is 9.80 Å². The Hall–Kier alpha value is -1.40. The summed E-state index contributed by atoms with van der Waals surface area (Å²) in [4.78, 5) is 21.8. The number of benzene rings is 1. The fourth-order valence-corrected chi connectivity index (χ4v) is 4.73. The van der Waals surface area contributed by atoms with Crippen LogP contribution in [0.25, 0.3) is 0 Å². The number of aryl methyl sites for hydroxylation is 1. The van der Waals surface area contributed by atoms with Gasteiger partial charge in [0, 0.05) is 41.3 Å². The van der Waals surface area contributed by atoms with Gasteiger partial charge in [-0.2, -0.15) is 0 Å². The number of aromatic nitrogens is 1. The highest BCUT2D eigenvalue weighted by Gasteiger charge is 2.27. The van der Waals surface area contributed by atoms with Gasteiger partial charge in [0.1, 0.15) is 5.82 Å². The molecule has 0 N–H and O–H groups in total. The Balaban J connectivity index is 1.43. The van der Waals surface area contributed by atoms with Crippen molar-refractivity contribution in [1.29, 1.82) is 0 Å². The van der Waals surface area contributed by atoms with Gasteiger partial charge in [-0.15, -0.1) is 0 Å². The van der Waals surface area contributed by atoms with Gasteiger partial charge in [0.2, 0.25) is 0 Å². The van der Waals surface area contributed by atoms with Crippen LogP contribution in [0.1, 0.15) is 40.2 Å². The largest absolute Gasteiger partial charge is 0.353 e. The molecule has 2 aromatic rings. The number of hydrogen-bond donors (Lipinski definition) is 0. The molecule has 1 saturated heterocycles. The normalized spacial score (nSPS) is 17.5. The van der Waals surface area contributed by atoms with Crippen molar-refractivity contribution in [2.45, 2.75) is 25.7 Å². The Morgan fingerprint density at radius 3 is 2.46 bits per heavy atom. The molecular formula is C20H21Br2N3O. The van der Waals surface area contributed by atoms with Gasteiger partial charge in [-0.3, -0.25) is 4.79 Å². The Morgan fingerprint density at radius 1 is 1.12 bits per heavy atom. The molecule has 2 heterocycles. The second-order valence-electron chi connectivity index (χ2n) is 7.09. The van der Waals surface area contributed by atoms with Crippen molar-refractivity contribution in [3.63, 3.8) is 0 Å². The lowest BCUT2D eigenvalue weighted by molar-refractivity contribution is 0.0745. The number of nitrogens with zero attached hydrogens (tertiary/aromatic N) is 3. The van der Waals surface area contributed by atoms with Crippen molar-refractivity contribution >= 4 is 43.6 Å². The summed E-state index contributed by atoms with van der Waals surface area (Å²) in [5.74, 6) is 1.87. The number of amides is 1. The number of anilines is 1. The molecule has 26 heavy (non-hydrogen) atoms. The Morgan fingerprint density at radius 2 is 1.85 bits per heavy atom. The summed E-state index contributed by atoms with van der Waals surface area (Å²) in [6.07, 6.45) is 4.64. The molecule has 0 unspecified atom stereocenters. The van der Waals surface area contributed by atoms with Crippen LogP contribution in [-0.4, -0.2) is 42.0 Å². The topological polar surface area (TPSA) is 36.4 Å². The third kappa shape index (κ3) is 3.67. The number of carbonyl (C=O) groups excluding carboxylic acids is 1. The molecule has 0 spiro atoms. The maximum Gasteiger partial charge on any atom is 0.255 e. The minimum Gasteiger partial charge on any atom is -0.353 e. The highest BCUT2D eigenvalue weighted by molar-refractivity contribution is 9.11. The predicted molar refractivity (Wildman–Crippen MR) is 111 cm³/mol. The van der Waals surface area contributed by atoms with E-state index in [-0.39, 0.29) is 5.91 Å². The third-order valence-electron chi connectivity index (χ3n) is 5.15. The SMILES string of the molecule is Cc1cc(C2CC2)cnc1N1CCN(C(=O)c2ccc(Br)cc2Br)CC1. The van der Waals surface area contributed by atoms with Crippen molar-refractivity contribution in [2.24, 2.45) is 0 Å². The van der Waals surface area contributed by atoms with E-state index in [1.807, 2.05) is 29.3 Å². The maximum atomic E-state index is 12.8. The van der Waals surface area contributed by atoms with E-state index >= 15 is 0 Å². The standard InChI is InChI=1S/C20H21Br2N3O/c1-13-10-15(14-2-3-14)12-23-19(13)24-6-8-25(9-7-24)20(26)17-5-4-16(21)11-18(17)22/h4-5,10-12,14H,2-3,6-9H2,1H3. The summed E-state index contributed by atoms with van der Waals surface area (Å²) in [5, 5.41) is 0. The van der Waals surface area contributed by atoms with E-state index in [1.165, 1.54) is 24.0 Å². The fraction of sp³-hybridized carbons (Fsp3) is 0.400. The Kier molecular flexibility index (Phi) is 5.06. The van der Waals surface area contributed by atoms with Crippen LogP contribution in [-0.2, 0) is 0 Å². The molecule has 1 aromatic heterocycles. The Labute approximate surface area is 170 Å². The number of piperazine rings is 1. The summed E-state index contributed by atoms with van der Waals surface area (Å²) in [6.45, 7) is 5.21. The first-order valence-corrected chi connectivity index (χ1v) is 10.6. The van der Waals surface area contributed by atoms with Crippen molar-refractivity contribution in [3.8, 4) is 0 Å². The third-order valence-corrected chi connectivity index (χ3v) is 6.30. The first kappa shape index (κ1) is 18.0. The molecular weight excluding hydrogens is 458 g/mol. The summed E-state index contributed by atoms with van der Waals surface area (Å²) in [5.41, 5.74) is 3.33. The van der Waals surface area contributed by atoms with Gasteiger partial charge in [-0.25, -0.2) is 4.98 Å². The molecule has 1 aliphatic heterocycles. The van der Waals surface area contributed by atoms with Crippen LogP contribution in [0.3, 0.4) is 0 Å². The van der Waals surface area contributed by atoms with Gasteiger partial charge in [0.05, 0.1) is 5.56 Å². The predicted octanol–water partition coefficient (Wildman–Crippen LogP) is 4.75. The van der Waals surface area contributed by atoms with Crippen molar-refractivity contribution in [2.75, 3.05) is 31.1 Å². The lowest BCUT2D eigenvalue weighted by Crippen LogP contribution is -2.49. The van der Waals surface area contributed by atoms with E-state index in [0.29, 0.717) is 18.7 Å². The minimum atomic E-state index is 0.0813. The second kappa shape index (κ2) is 7.31. The van der Waals surface area contributed by atoms with Crippen molar-refractivity contribution in [3.05, 3.63) is 56.1 Å². The first-order valence-electron chi connectivity index (χ1n) is 8.99. The fourth-order valence-electron chi connectivity index (χ4n) is 3.51. The zero-order valence-electron chi connectivity index (χ0n) is 14.7. The van der Waals surface area contributed by atoms with Crippen molar-refractivity contribution in [1.82, 2.24) is 9.88 Å². The van der Waals surface area contributed by atoms with E-state index in [1.54, 1.807) is 0 Å². The smallest absolute Gasteiger partial charge is 0.255 e. The lowest BCUT2D eigenvalue weighted by Gasteiger charge is -2.36. The van der Waals surface area contributed by atoms with Crippen LogP contribution in [0.15, 0.2) is 39.4 Å².